The van der Waals surface area contributed by atoms with Gasteiger partial charge in [-0.15, -0.1) is 0 Å². The van der Waals surface area contributed by atoms with Crippen LogP contribution in [-0.4, -0.2) is 37.8 Å². The molecule has 0 saturated heterocycles. The van der Waals surface area contributed by atoms with Crippen molar-refractivity contribution in [2.75, 3.05) is 11.4 Å². The van der Waals surface area contributed by atoms with Crippen molar-refractivity contribution in [1.29, 1.82) is 0 Å². The molecule has 0 fully saturated rings. The predicted octanol–water partition coefficient (Wildman–Crippen LogP) is 2.99. The average molecular weight is 349 g/mol. The van der Waals surface area contributed by atoms with Crippen LogP contribution in [0.25, 0.3) is 5.52 Å². The van der Waals surface area contributed by atoms with Gasteiger partial charge in [0, 0.05) is 24.3 Å². The van der Waals surface area contributed by atoms with Crippen LogP contribution in [0.3, 0.4) is 0 Å². The Hall–Kier alpha value is -2.84. The zero-order valence-electron chi connectivity index (χ0n) is 13.2. The number of carbonyl (C=O) groups is 1. The summed E-state index contributed by atoms with van der Waals surface area (Å²) in [7, 11) is 0. The van der Waals surface area contributed by atoms with Crippen molar-refractivity contribution in [3.05, 3.63) is 48.2 Å². The van der Waals surface area contributed by atoms with E-state index in [2.05, 4.69) is 10.1 Å². The lowest BCUT2D eigenvalue weighted by Gasteiger charge is -2.33. The topological polar surface area (TPSA) is 55.4 Å². The second kappa shape index (κ2) is 5.33. The number of amides is 1. The van der Waals surface area contributed by atoms with Crippen molar-refractivity contribution in [1.82, 2.24) is 19.2 Å². The van der Waals surface area contributed by atoms with Crippen LogP contribution in [0.5, 0.6) is 0 Å². The number of anilines is 1. The summed E-state index contributed by atoms with van der Waals surface area (Å²) in [5.41, 5.74) is 1.40. The third-order valence-electron chi connectivity index (χ3n) is 4.30. The van der Waals surface area contributed by atoms with Crippen LogP contribution >= 0.6 is 0 Å². The molecule has 0 bridgehead atoms. The third-order valence-corrected chi connectivity index (χ3v) is 4.30. The lowest BCUT2D eigenvalue weighted by molar-refractivity contribution is -0.172. The van der Waals surface area contributed by atoms with Gasteiger partial charge >= 0.3 is 6.18 Å². The zero-order valence-corrected chi connectivity index (χ0v) is 13.2. The normalized spacial score (nSPS) is 17.8. The molecule has 1 atom stereocenters. The summed E-state index contributed by atoms with van der Waals surface area (Å²) in [5.74, 6) is -0.293. The number of alkyl halides is 3. The first-order valence-electron chi connectivity index (χ1n) is 7.72. The maximum absolute atomic E-state index is 13.2. The monoisotopic (exact) mass is 349 g/mol. The summed E-state index contributed by atoms with van der Waals surface area (Å²) >= 11 is 0. The molecule has 0 spiro atoms. The van der Waals surface area contributed by atoms with Gasteiger partial charge in [0.25, 0.3) is 5.91 Å². The fraction of sp³-hybridized carbons (Fsp3) is 0.312. The van der Waals surface area contributed by atoms with E-state index in [1.165, 1.54) is 17.3 Å². The summed E-state index contributed by atoms with van der Waals surface area (Å²) in [5, 5.41) is 3.95. The van der Waals surface area contributed by atoms with Gasteiger partial charge in [-0.1, -0.05) is 0 Å². The molecule has 9 heteroatoms. The lowest BCUT2D eigenvalue weighted by Crippen LogP contribution is -2.43. The van der Waals surface area contributed by atoms with E-state index >= 15 is 0 Å². The van der Waals surface area contributed by atoms with Crippen LogP contribution in [0.2, 0.25) is 0 Å². The quantitative estimate of drug-likeness (QED) is 0.679. The number of rotatable bonds is 1. The minimum absolute atomic E-state index is 0.0397. The van der Waals surface area contributed by atoms with Crippen LogP contribution in [0.1, 0.15) is 28.6 Å². The standard InChI is InChI=1S/C16H14F3N5O/c1-10-7-14-23(6-4-13(16(17,18)19)24(14)21-10)15(25)12-8-11-3-2-5-22(11)9-20-12/h2-3,5,7-9,13H,4,6H2,1H3. The average Bonchev–Trinajstić information content (AvgIpc) is 3.16. The number of hydrogen-bond acceptors (Lipinski definition) is 3. The highest BCUT2D eigenvalue weighted by molar-refractivity contribution is 6.05. The van der Waals surface area contributed by atoms with E-state index in [0.717, 1.165) is 10.2 Å². The van der Waals surface area contributed by atoms with Crippen LogP contribution in [0.4, 0.5) is 19.0 Å². The Labute approximate surface area is 140 Å². The van der Waals surface area contributed by atoms with Gasteiger partial charge in [0.1, 0.15) is 11.5 Å². The summed E-state index contributed by atoms with van der Waals surface area (Å²) < 4.78 is 42.4. The Morgan fingerprint density at radius 2 is 2.12 bits per heavy atom. The first-order valence-corrected chi connectivity index (χ1v) is 7.72. The number of halogens is 3. The van der Waals surface area contributed by atoms with Crippen molar-refractivity contribution in [3.8, 4) is 0 Å². The minimum atomic E-state index is -4.41. The number of fused-ring (bicyclic) bond motifs is 2. The second-order valence-electron chi connectivity index (χ2n) is 6.01. The third kappa shape index (κ3) is 2.55. The molecule has 1 aliphatic rings. The molecule has 0 aromatic carbocycles. The van der Waals surface area contributed by atoms with E-state index in [-0.39, 0.29) is 24.5 Å². The summed E-state index contributed by atoms with van der Waals surface area (Å²) in [6, 6.07) is 5.03. The lowest BCUT2D eigenvalue weighted by atomic mass is 10.1. The molecule has 3 aromatic heterocycles. The first kappa shape index (κ1) is 15.7. The Morgan fingerprint density at radius 1 is 1.32 bits per heavy atom. The smallest absolute Gasteiger partial charge is 0.308 e. The summed E-state index contributed by atoms with van der Waals surface area (Å²) in [6.07, 6.45) is -1.35. The molecule has 6 nitrogen and oxygen atoms in total. The Kier molecular flexibility index (Phi) is 3.34. The SMILES string of the molecule is Cc1cc2n(n1)C(C(F)(F)F)CCN2C(=O)c1cc2cccn2cn1. The minimum Gasteiger partial charge on any atom is -0.308 e. The molecule has 4 heterocycles. The molecule has 25 heavy (non-hydrogen) atoms. The van der Waals surface area contributed by atoms with Crippen LogP contribution in [0.15, 0.2) is 36.8 Å². The van der Waals surface area contributed by atoms with Gasteiger partial charge < -0.3 is 4.40 Å². The largest absolute Gasteiger partial charge is 0.410 e. The van der Waals surface area contributed by atoms with Crippen molar-refractivity contribution >= 4 is 17.2 Å². The van der Waals surface area contributed by atoms with Gasteiger partial charge in [0.2, 0.25) is 0 Å². The highest BCUT2D eigenvalue weighted by atomic mass is 19.4. The zero-order chi connectivity index (χ0) is 17.8. The van der Waals surface area contributed by atoms with Crippen molar-refractivity contribution in [2.24, 2.45) is 0 Å². The molecule has 4 rings (SSSR count). The van der Waals surface area contributed by atoms with Gasteiger partial charge in [0.15, 0.2) is 6.04 Å². The fourth-order valence-corrected chi connectivity index (χ4v) is 3.12. The van der Waals surface area contributed by atoms with E-state index in [4.69, 9.17) is 0 Å². The molecule has 0 aliphatic carbocycles. The summed E-state index contributed by atoms with van der Waals surface area (Å²) in [6.45, 7) is 1.56. The number of carbonyl (C=O) groups excluding carboxylic acids is 1. The van der Waals surface area contributed by atoms with Crippen molar-refractivity contribution in [3.63, 3.8) is 0 Å². The van der Waals surface area contributed by atoms with E-state index in [9.17, 15) is 18.0 Å². The highest BCUT2D eigenvalue weighted by Gasteiger charge is 2.46. The van der Waals surface area contributed by atoms with E-state index in [1.807, 2.05) is 12.1 Å². The molecule has 0 radical (unpaired) electrons. The van der Waals surface area contributed by atoms with Gasteiger partial charge in [0.05, 0.1) is 12.0 Å². The molecule has 0 saturated carbocycles. The highest BCUT2D eigenvalue weighted by Crippen LogP contribution is 2.39. The molecule has 130 valence electrons. The van der Waals surface area contributed by atoms with Gasteiger partial charge in [-0.05, 0) is 31.5 Å². The van der Waals surface area contributed by atoms with E-state index in [1.54, 1.807) is 23.6 Å². The Balaban J connectivity index is 1.73. The maximum atomic E-state index is 13.2. The van der Waals surface area contributed by atoms with Gasteiger partial charge in [-0.25, -0.2) is 9.67 Å². The molecule has 1 unspecified atom stereocenters. The van der Waals surface area contributed by atoms with E-state index in [0.29, 0.717) is 5.69 Å². The first-order chi connectivity index (χ1) is 11.8. The van der Waals surface area contributed by atoms with Crippen LogP contribution in [-0.2, 0) is 0 Å². The fourth-order valence-electron chi connectivity index (χ4n) is 3.12. The second-order valence-corrected chi connectivity index (χ2v) is 6.01. The number of aromatic nitrogens is 4. The number of aryl methyl sites for hydroxylation is 1. The van der Waals surface area contributed by atoms with Gasteiger partial charge in [-0.2, -0.15) is 18.3 Å². The van der Waals surface area contributed by atoms with E-state index < -0.39 is 18.1 Å². The number of hydrogen-bond donors (Lipinski definition) is 0. The maximum Gasteiger partial charge on any atom is 0.410 e. The Morgan fingerprint density at radius 3 is 2.88 bits per heavy atom. The molecule has 3 aromatic rings. The van der Waals surface area contributed by atoms with Crippen LogP contribution in [0, 0.1) is 6.92 Å². The Bertz CT molecular complexity index is 958. The van der Waals surface area contributed by atoms with Crippen molar-refractivity contribution in [2.45, 2.75) is 25.6 Å². The molecule has 0 N–H and O–H groups in total. The van der Waals surface area contributed by atoms with Crippen LogP contribution < -0.4 is 4.90 Å². The van der Waals surface area contributed by atoms with Gasteiger partial charge in [-0.3, -0.25) is 9.69 Å². The molecular formula is C16H14F3N5O. The molecular weight excluding hydrogens is 335 g/mol. The molecule has 1 amide bonds. The number of nitrogens with zero attached hydrogens (tertiary/aromatic N) is 5. The molecule has 1 aliphatic heterocycles. The van der Waals surface area contributed by atoms with Crippen molar-refractivity contribution < 1.29 is 18.0 Å². The summed E-state index contributed by atoms with van der Waals surface area (Å²) in [4.78, 5) is 18.3. The predicted molar refractivity (Wildman–Crippen MR) is 83.5 cm³/mol.